The third-order valence-electron chi connectivity index (χ3n) is 6.61. The van der Waals surface area contributed by atoms with E-state index in [0.717, 1.165) is 44.0 Å². The summed E-state index contributed by atoms with van der Waals surface area (Å²) in [6.07, 6.45) is 2.43. The van der Waals surface area contributed by atoms with Crippen LogP contribution in [0.25, 0.3) is 0 Å². The Hall–Kier alpha value is -4.14. The summed E-state index contributed by atoms with van der Waals surface area (Å²) in [6.45, 7) is 4.70. The molecule has 0 bridgehead atoms. The number of hydrogen-bond acceptors (Lipinski definition) is 7. The zero-order valence-electron chi connectivity index (χ0n) is 19.6. The van der Waals surface area contributed by atoms with E-state index in [9.17, 15) is 9.59 Å². The van der Waals surface area contributed by atoms with Crippen LogP contribution in [0.1, 0.15) is 35.2 Å². The molecule has 4 N–H and O–H groups in total. The van der Waals surface area contributed by atoms with Gasteiger partial charge in [-0.15, -0.1) is 0 Å². The molecule has 2 aromatic carbocycles. The van der Waals surface area contributed by atoms with Gasteiger partial charge in [0.05, 0.1) is 5.56 Å². The number of amides is 2. The number of benzene rings is 2. The van der Waals surface area contributed by atoms with Crippen LogP contribution < -0.4 is 21.3 Å². The maximum absolute atomic E-state index is 11.9. The predicted molar refractivity (Wildman–Crippen MR) is 136 cm³/mol. The van der Waals surface area contributed by atoms with Crippen LogP contribution in [0.5, 0.6) is 0 Å². The van der Waals surface area contributed by atoms with E-state index in [1.165, 1.54) is 11.8 Å². The van der Waals surface area contributed by atoms with Gasteiger partial charge in [0, 0.05) is 62.6 Å². The first-order valence-electron chi connectivity index (χ1n) is 11.8. The van der Waals surface area contributed by atoms with Gasteiger partial charge >= 0.3 is 0 Å². The molecule has 1 saturated carbocycles. The number of nitrogens with zero attached hydrogens (tertiary/aromatic N) is 4. The standard InChI is InChI=1S/C26H29N7O2/c1-17(34)32-11-13-33(14-12-32)20-9-7-19(8-10-20)29-26-28-16-22(24(27)35)25(31-26)30-23-15-21(23)18-5-3-2-4-6-18/h2-10,16,21,23H,11-15H2,1H3,(H2,27,35)(H2,28,29,30,31)/t21-,23+/m0/s1. The molecule has 5 rings (SSSR count). The smallest absolute Gasteiger partial charge is 0.254 e. The lowest BCUT2D eigenvalue weighted by molar-refractivity contribution is -0.129. The van der Waals surface area contributed by atoms with Crippen molar-refractivity contribution in [1.29, 1.82) is 0 Å². The number of hydrogen-bond donors (Lipinski definition) is 3. The van der Waals surface area contributed by atoms with E-state index in [1.54, 1.807) is 6.92 Å². The van der Waals surface area contributed by atoms with Crippen molar-refractivity contribution in [3.05, 3.63) is 71.9 Å². The van der Waals surface area contributed by atoms with E-state index in [1.807, 2.05) is 47.4 Å². The Kier molecular flexibility index (Phi) is 6.22. The van der Waals surface area contributed by atoms with Crippen LogP contribution in [-0.2, 0) is 4.79 Å². The van der Waals surface area contributed by atoms with E-state index in [0.29, 0.717) is 17.7 Å². The molecule has 9 nitrogen and oxygen atoms in total. The highest BCUT2D eigenvalue weighted by Crippen LogP contribution is 2.42. The molecule has 2 atom stereocenters. The third-order valence-corrected chi connectivity index (χ3v) is 6.61. The van der Waals surface area contributed by atoms with Gasteiger partial charge in [-0.25, -0.2) is 4.98 Å². The van der Waals surface area contributed by atoms with Crippen molar-refractivity contribution in [3.8, 4) is 0 Å². The number of carbonyl (C=O) groups excluding carboxylic acids is 2. The second-order valence-electron chi connectivity index (χ2n) is 8.99. The molecule has 1 aromatic heterocycles. The van der Waals surface area contributed by atoms with E-state index in [4.69, 9.17) is 5.73 Å². The van der Waals surface area contributed by atoms with E-state index in [2.05, 4.69) is 37.6 Å². The average Bonchev–Trinajstić information content (AvgIpc) is 3.64. The number of anilines is 4. The van der Waals surface area contributed by atoms with Gasteiger partial charge in [-0.1, -0.05) is 30.3 Å². The number of nitrogens with two attached hydrogens (primary N) is 1. The van der Waals surface area contributed by atoms with E-state index in [-0.39, 0.29) is 17.5 Å². The van der Waals surface area contributed by atoms with Gasteiger partial charge in [0.25, 0.3) is 5.91 Å². The first kappa shape index (κ1) is 22.6. The Morgan fingerprint density at radius 1 is 1.00 bits per heavy atom. The molecule has 0 spiro atoms. The van der Waals surface area contributed by atoms with Crippen LogP contribution in [0, 0.1) is 0 Å². The summed E-state index contributed by atoms with van der Waals surface area (Å²) in [5.41, 5.74) is 9.04. The SMILES string of the molecule is CC(=O)N1CCN(c2ccc(Nc3ncc(C(N)=O)c(N[C@@H]4C[C@H]4c4ccccc4)n3)cc2)CC1. The van der Waals surface area contributed by atoms with Crippen molar-refractivity contribution in [3.63, 3.8) is 0 Å². The minimum Gasteiger partial charge on any atom is -0.368 e. The number of piperazine rings is 1. The molecular weight excluding hydrogens is 442 g/mol. The lowest BCUT2D eigenvalue weighted by atomic mass is 10.1. The van der Waals surface area contributed by atoms with Crippen LogP contribution in [0.2, 0.25) is 0 Å². The molecule has 2 amide bonds. The second kappa shape index (κ2) is 9.61. The Morgan fingerprint density at radius 2 is 1.71 bits per heavy atom. The van der Waals surface area contributed by atoms with Crippen molar-refractivity contribution in [1.82, 2.24) is 14.9 Å². The van der Waals surface area contributed by atoms with E-state index >= 15 is 0 Å². The summed E-state index contributed by atoms with van der Waals surface area (Å²) < 4.78 is 0. The minimum absolute atomic E-state index is 0.123. The molecule has 1 aliphatic heterocycles. The van der Waals surface area contributed by atoms with Crippen LogP contribution >= 0.6 is 0 Å². The van der Waals surface area contributed by atoms with Gasteiger partial charge in [0.1, 0.15) is 5.82 Å². The molecule has 0 unspecified atom stereocenters. The first-order valence-corrected chi connectivity index (χ1v) is 11.8. The fourth-order valence-corrected chi connectivity index (χ4v) is 4.50. The quantitative estimate of drug-likeness (QED) is 0.485. The molecule has 1 saturated heterocycles. The summed E-state index contributed by atoms with van der Waals surface area (Å²) >= 11 is 0. The maximum Gasteiger partial charge on any atom is 0.254 e. The Morgan fingerprint density at radius 3 is 2.37 bits per heavy atom. The summed E-state index contributed by atoms with van der Waals surface area (Å²) in [7, 11) is 0. The topological polar surface area (TPSA) is 116 Å². The molecule has 0 radical (unpaired) electrons. The second-order valence-corrected chi connectivity index (χ2v) is 8.99. The number of carbonyl (C=O) groups is 2. The van der Waals surface area contributed by atoms with Crippen LogP contribution in [0.3, 0.4) is 0 Å². The van der Waals surface area contributed by atoms with Gasteiger partial charge in [-0.05, 0) is 36.2 Å². The van der Waals surface area contributed by atoms with Gasteiger partial charge in [-0.3, -0.25) is 9.59 Å². The normalized spacial score (nSPS) is 19.2. The summed E-state index contributed by atoms with van der Waals surface area (Å²) in [5.74, 6) is 0.770. The fourth-order valence-electron chi connectivity index (χ4n) is 4.50. The summed E-state index contributed by atoms with van der Waals surface area (Å²) in [6, 6.07) is 18.5. The molecular formula is C26H29N7O2. The number of rotatable bonds is 7. The van der Waals surface area contributed by atoms with Crippen molar-refractivity contribution in [2.75, 3.05) is 41.7 Å². The zero-order valence-corrected chi connectivity index (χ0v) is 19.6. The Labute approximate surface area is 204 Å². The first-order chi connectivity index (χ1) is 17.0. The van der Waals surface area contributed by atoms with Gasteiger partial charge in [0.2, 0.25) is 11.9 Å². The molecule has 2 aliphatic rings. The van der Waals surface area contributed by atoms with Gasteiger partial charge in [-0.2, -0.15) is 4.98 Å². The van der Waals surface area contributed by atoms with Crippen molar-refractivity contribution in [2.45, 2.75) is 25.3 Å². The van der Waals surface area contributed by atoms with Crippen molar-refractivity contribution in [2.24, 2.45) is 5.73 Å². The largest absolute Gasteiger partial charge is 0.368 e. The van der Waals surface area contributed by atoms with Crippen LogP contribution in [-0.4, -0.2) is 58.9 Å². The monoisotopic (exact) mass is 471 g/mol. The number of aromatic nitrogens is 2. The third kappa shape index (κ3) is 5.18. The van der Waals surface area contributed by atoms with Crippen LogP contribution in [0.4, 0.5) is 23.1 Å². The molecule has 1 aliphatic carbocycles. The number of primary amides is 1. The molecule has 2 heterocycles. The van der Waals surface area contributed by atoms with Crippen LogP contribution in [0.15, 0.2) is 60.8 Å². The van der Waals surface area contributed by atoms with Crippen molar-refractivity contribution >= 4 is 35.0 Å². The molecule has 3 aromatic rings. The zero-order chi connectivity index (χ0) is 24.4. The number of nitrogens with one attached hydrogen (secondary N) is 2. The Bertz CT molecular complexity index is 1210. The Balaban J connectivity index is 1.25. The van der Waals surface area contributed by atoms with Gasteiger partial charge in [0.15, 0.2) is 0 Å². The highest BCUT2D eigenvalue weighted by atomic mass is 16.2. The predicted octanol–water partition coefficient (Wildman–Crippen LogP) is 2.96. The maximum atomic E-state index is 11.9. The average molecular weight is 472 g/mol. The highest BCUT2D eigenvalue weighted by molar-refractivity contribution is 5.97. The van der Waals surface area contributed by atoms with Crippen molar-refractivity contribution < 1.29 is 9.59 Å². The molecule has 35 heavy (non-hydrogen) atoms. The van der Waals surface area contributed by atoms with E-state index < -0.39 is 5.91 Å². The molecule has 180 valence electrons. The highest BCUT2D eigenvalue weighted by Gasteiger charge is 2.39. The lowest BCUT2D eigenvalue weighted by Gasteiger charge is -2.35. The minimum atomic E-state index is -0.565. The molecule has 2 fully saturated rings. The summed E-state index contributed by atoms with van der Waals surface area (Å²) in [4.78, 5) is 36.5. The fraction of sp³-hybridized carbons (Fsp3) is 0.308. The lowest BCUT2D eigenvalue weighted by Crippen LogP contribution is -2.48. The summed E-state index contributed by atoms with van der Waals surface area (Å²) in [5, 5.41) is 6.59. The molecule has 9 heteroatoms. The van der Waals surface area contributed by atoms with Gasteiger partial charge < -0.3 is 26.2 Å².